The fraction of sp³-hybridized carbons (Fsp3) is 0. The molecule has 24 rings (SSSR count). The van der Waals surface area contributed by atoms with E-state index in [1.165, 1.54) is 48.7 Å². The summed E-state index contributed by atoms with van der Waals surface area (Å²) in [7, 11) is 0. The van der Waals surface area contributed by atoms with Crippen LogP contribution in [-0.4, -0.2) is 38.2 Å². The van der Waals surface area contributed by atoms with Crippen LogP contribution in [-0.2, 0) is 0 Å². The Morgan fingerprint density at radius 1 is 0.202 bits per heavy atom. The van der Waals surface area contributed by atoms with Gasteiger partial charge in [-0.25, -0.2) is 19.9 Å². The zero-order valence-corrected chi connectivity index (χ0v) is 61.3. The van der Waals surface area contributed by atoms with E-state index in [1.807, 2.05) is 36.4 Å². The van der Waals surface area contributed by atoms with Gasteiger partial charge >= 0.3 is 0 Å². The van der Waals surface area contributed by atoms with Crippen molar-refractivity contribution in [2.45, 2.75) is 0 Å². The molecule has 0 N–H and O–H groups in total. The van der Waals surface area contributed by atoms with Gasteiger partial charge in [0, 0.05) is 105 Å². The van der Waals surface area contributed by atoms with Crippen LogP contribution in [0, 0.1) is 0 Å². The minimum atomic E-state index is 0.601. The van der Waals surface area contributed by atoms with Gasteiger partial charge in [0.25, 0.3) is 0 Å². The van der Waals surface area contributed by atoms with Gasteiger partial charge in [-0.15, -0.1) is 0 Å². The third-order valence-corrected chi connectivity index (χ3v) is 22.7. The molecule has 0 fully saturated rings. The molecule has 0 aliphatic rings. The maximum absolute atomic E-state index is 6.58. The smallest absolute Gasteiger partial charge is 0.165 e. The van der Waals surface area contributed by atoms with Crippen LogP contribution in [0.1, 0.15) is 0 Å². The van der Waals surface area contributed by atoms with E-state index in [0.717, 1.165) is 161 Å². The summed E-state index contributed by atoms with van der Waals surface area (Å²) in [5, 5.41) is 13.7. The molecular formula is C104H64N8O2. The van der Waals surface area contributed by atoms with Crippen LogP contribution < -0.4 is 0 Å². The second-order valence-electron chi connectivity index (χ2n) is 29.1. The van der Waals surface area contributed by atoms with Crippen molar-refractivity contribution < 1.29 is 8.83 Å². The van der Waals surface area contributed by atoms with E-state index in [4.69, 9.17) is 28.8 Å². The van der Waals surface area contributed by atoms with Crippen molar-refractivity contribution in [3.05, 3.63) is 388 Å². The zero-order chi connectivity index (χ0) is 74.9. The first-order valence-corrected chi connectivity index (χ1v) is 38.5. The molecule has 8 heterocycles. The molecule has 10 nitrogen and oxygen atoms in total. The van der Waals surface area contributed by atoms with E-state index in [9.17, 15) is 0 Å². The second-order valence-corrected chi connectivity index (χ2v) is 29.1. The number of furan rings is 2. The third kappa shape index (κ3) is 10.4. The van der Waals surface area contributed by atoms with Gasteiger partial charge in [-0.05, 0) is 119 Å². The molecule has 114 heavy (non-hydrogen) atoms. The van der Waals surface area contributed by atoms with E-state index in [0.29, 0.717) is 11.6 Å². The van der Waals surface area contributed by atoms with Crippen LogP contribution in [0.15, 0.2) is 397 Å². The maximum atomic E-state index is 6.58. The Balaban J connectivity index is 0.000000135. The molecular weight excluding hydrogens is 1390 g/mol. The van der Waals surface area contributed by atoms with Crippen LogP contribution in [0.3, 0.4) is 0 Å². The highest BCUT2D eigenvalue weighted by molar-refractivity contribution is 6.28. The molecule has 0 amide bonds. The van der Waals surface area contributed by atoms with Crippen molar-refractivity contribution in [3.8, 4) is 90.6 Å². The second kappa shape index (κ2) is 26.1. The highest BCUT2D eigenvalue weighted by Gasteiger charge is 2.27. The highest BCUT2D eigenvalue weighted by atomic mass is 16.3. The number of aromatic nitrogens is 8. The molecule has 0 saturated heterocycles. The SMILES string of the molecule is c1ccc(-c2ccc(-c3cc(-n4c5ccccc5c5ccc6c(c7ccccc7n6-c6ccccc6)c54)nc(-c4cccc5c4oc4ccccc45)n3)cc2)cc1.c1ccc(-c2cccc(-c3nc(-c4ccc5c(c4)oc4ccccc45)cc(-n4c5ccccc5c5ccc6c(c7ccccc7n6-c6ccccc6)c54)n3)c2)cc1. The van der Waals surface area contributed by atoms with E-state index >= 15 is 0 Å². The molecule has 8 aromatic heterocycles. The first-order valence-electron chi connectivity index (χ1n) is 38.5. The minimum absolute atomic E-state index is 0.601. The maximum Gasteiger partial charge on any atom is 0.165 e. The van der Waals surface area contributed by atoms with Gasteiger partial charge in [0.2, 0.25) is 0 Å². The predicted molar refractivity (Wildman–Crippen MR) is 469 cm³/mol. The molecule has 24 aromatic rings. The van der Waals surface area contributed by atoms with Crippen molar-refractivity contribution in [1.29, 1.82) is 0 Å². The largest absolute Gasteiger partial charge is 0.456 e. The topological polar surface area (TPSA) is 97.6 Å². The number of nitrogens with zero attached hydrogens (tertiary/aromatic N) is 8. The number of fused-ring (bicyclic) bond motifs is 20. The van der Waals surface area contributed by atoms with Crippen molar-refractivity contribution in [3.63, 3.8) is 0 Å². The van der Waals surface area contributed by atoms with E-state index in [1.54, 1.807) is 0 Å². The Kier molecular flexibility index (Phi) is 14.8. The van der Waals surface area contributed by atoms with Gasteiger partial charge in [0.1, 0.15) is 34.0 Å². The molecule has 0 saturated carbocycles. The number of rotatable bonds is 10. The van der Waals surface area contributed by atoms with E-state index < -0.39 is 0 Å². The van der Waals surface area contributed by atoms with Crippen molar-refractivity contribution in [2.75, 3.05) is 0 Å². The molecule has 0 unspecified atom stereocenters. The lowest BCUT2D eigenvalue weighted by atomic mass is 10.0. The average molecular weight is 1460 g/mol. The van der Waals surface area contributed by atoms with Crippen molar-refractivity contribution >= 4 is 131 Å². The molecule has 10 heteroatoms. The van der Waals surface area contributed by atoms with Gasteiger partial charge in [-0.2, -0.15) is 0 Å². The Morgan fingerprint density at radius 2 is 0.588 bits per heavy atom. The molecule has 0 aliphatic heterocycles. The Labute approximate surface area is 652 Å². The fourth-order valence-corrected chi connectivity index (χ4v) is 17.6. The Bertz CT molecular complexity index is 7970. The van der Waals surface area contributed by atoms with Gasteiger partial charge in [-0.3, -0.25) is 9.13 Å². The van der Waals surface area contributed by atoms with Crippen LogP contribution in [0.2, 0.25) is 0 Å². The number of hydrogen-bond acceptors (Lipinski definition) is 6. The first kappa shape index (κ1) is 64.5. The molecule has 16 aromatic carbocycles. The number of hydrogen-bond donors (Lipinski definition) is 0. The first-order chi connectivity index (χ1) is 56.5. The summed E-state index contributed by atoms with van der Waals surface area (Å²) in [6.45, 7) is 0. The Hall–Kier alpha value is -15.5. The summed E-state index contributed by atoms with van der Waals surface area (Å²) in [5.41, 5.74) is 24.5. The summed E-state index contributed by atoms with van der Waals surface area (Å²) in [6, 6.07) is 137. The zero-order valence-electron chi connectivity index (χ0n) is 61.3. The Morgan fingerprint density at radius 3 is 1.17 bits per heavy atom. The average Bonchev–Trinajstić information content (AvgIpc) is 1.55. The molecule has 0 spiro atoms. The fourth-order valence-electron chi connectivity index (χ4n) is 17.6. The summed E-state index contributed by atoms with van der Waals surface area (Å²) in [4.78, 5) is 21.6. The molecule has 0 radical (unpaired) electrons. The van der Waals surface area contributed by atoms with Gasteiger partial charge in [0.05, 0.1) is 61.1 Å². The van der Waals surface area contributed by atoms with Crippen LogP contribution in [0.25, 0.3) is 222 Å². The number of para-hydroxylation sites is 9. The molecule has 0 aliphatic carbocycles. The van der Waals surface area contributed by atoms with Crippen molar-refractivity contribution in [1.82, 2.24) is 38.2 Å². The summed E-state index contributed by atoms with van der Waals surface area (Å²) in [6.07, 6.45) is 0. The molecule has 0 atom stereocenters. The molecule has 532 valence electrons. The summed E-state index contributed by atoms with van der Waals surface area (Å²) < 4.78 is 22.4. The predicted octanol–water partition coefficient (Wildman–Crippen LogP) is 27.1. The highest BCUT2D eigenvalue weighted by Crippen LogP contribution is 2.47. The minimum Gasteiger partial charge on any atom is -0.456 e. The van der Waals surface area contributed by atoms with Crippen LogP contribution in [0.4, 0.5) is 0 Å². The van der Waals surface area contributed by atoms with Crippen LogP contribution >= 0.6 is 0 Å². The van der Waals surface area contributed by atoms with Gasteiger partial charge < -0.3 is 18.0 Å². The van der Waals surface area contributed by atoms with E-state index in [-0.39, 0.29) is 0 Å². The number of benzene rings is 16. The monoisotopic (exact) mass is 1460 g/mol. The lowest BCUT2D eigenvalue weighted by molar-refractivity contribution is 0.669. The normalized spacial score (nSPS) is 11.9. The third-order valence-electron chi connectivity index (χ3n) is 22.7. The van der Waals surface area contributed by atoms with Gasteiger partial charge in [0.15, 0.2) is 11.6 Å². The van der Waals surface area contributed by atoms with Crippen molar-refractivity contribution in [2.24, 2.45) is 0 Å². The lowest BCUT2D eigenvalue weighted by Gasteiger charge is -2.13. The molecule has 0 bridgehead atoms. The summed E-state index contributed by atoms with van der Waals surface area (Å²) in [5.74, 6) is 2.82. The lowest BCUT2D eigenvalue weighted by Crippen LogP contribution is -2.03. The standard InChI is InChI=1S/2C52H32N4O/c1-3-14-33(15-4-1)34-16-13-17-36(30-34)52-53-43(35-26-27-40-39-21-9-12-25-47(39)57-48(40)31-35)32-49(54-52)56-44-23-10-7-20-38(44)41-28-29-46-50(51(41)56)42-22-8-11-24-45(42)55(46)37-18-5-2-6-19-37;1-3-14-33(15-4-1)34-26-28-35(29-27-34)43-32-48(54-52(53-43)42-22-13-21-40-38-19-9-12-25-47(38)57-51(40)42)56-44-23-10-7-18-37(44)39-30-31-46-49(50(39)56)41-20-8-11-24-45(41)55(46)36-16-5-2-6-17-36/h2*1-32H. The van der Waals surface area contributed by atoms with Crippen LogP contribution in [0.5, 0.6) is 0 Å². The summed E-state index contributed by atoms with van der Waals surface area (Å²) >= 11 is 0. The van der Waals surface area contributed by atoms with E-state index in [2.05, 4.69) is 370 Å². The quantitative estimate of drug-likeness (QED) is 0.135. The van der Waals surface area contributed by atoms with Gasteiger partial charge in [-0.1, -0.05) is 279 Å².